The summed E-state index contributed by atoms with van der Waals surface area (Å²) in [4.78, 5) is 74.6. The van der Waals surface area contributed by atoms with Crippen LogP contribution in [-0.2, 0) is 39.1 Å². The highest BCUT2D eigenvalue weighted by Crippen LogP contribution is 2.33. The maximum Gasteiger partial charge on any atom is 0.146 e. The van der Waals surface area contributed by atoms with Crippen LogP contribution in [0, 0.1) is 0 Å². The lowest BCUT2D eigenvalue weighted by Gasteiger charge is -2.11. The molecule has 2 aliphatic heterocycles. The first-order valence-corrected chi connectivity index (χ1v) is 41.9. The maximum atomic E-state index is 5.90. The molecule has 0 unspecified atom stereocenters. The highest BCUT2D eigenvalue weighted by Gasteiger charge is 2.18. The van der Waals surface area contributed by atoms with Crippen molar-refractivity contribution in [1.82, 2.24) is 54.6 Å². The van der Waals surface area contributed by atoms with Gasteiger partial charge in [0.05, 0.1) is 141 Å². The van der Waals surface area contributed by atoms with Crippen LogP contribution in [-0.4, -0.2) is 176 Å². The molecular weight excluding hydrogens is 1530 g/mol. The number of likely N-dealkylation sites (N-methyl/N-ethyl adjacent to an activating group) is 3. The Hall–Kier alpha value is -11.1. The summed E-state index contributed by atoms with van der Waals surface area (Å²) in [5.41, 5.74) is 17.0. The van der Waals surface area contributed by atoms with Crippen LogP contribution in [0.1, 0.15) is 88.7 Å². The summed E-state index contributed by atoms with van der Waals surface area (Å²) in [5, 5.41) is 5.10. The van der Waals surface area contributed by atoms with Gasteiger partial charge in [-0.2, -0.15) is 0 Å². The Balaban J connectivity index is 0.000000133. The van der Waals surface area contributed by atoms with Crippen molar-refractivity contribution in [2.75, 3.05) is 81.7 Å². The Morgan fingerprint density at radius 2 is 0.800 bits per heavy atom. The Morgan fingerprint density at radius 1 is 0.374 bits per heavy atom. The van der Waals surface area contributed by atoms with Gasteiger partial charge in [0.2, 0.25) is 0 Å². The molecule has 0 saturated carbocycles. The van der Waals surface area contributed by atoms with Gasteiger partial charge < -0.3 is 28.9 Å². The van der Waals surface area contributed by atoms with E-state index < -0.39 is 0 Å². The summed E-state index contributed by atoms with van der Waals surface area (Å²) in [6.45, 7) is 17.6. The molecule has 8 aromatic heterocycles. The van der Waals surface area contributed by atoms with E-state index in [1.54, 1.807) is 75.3 Å². The molecule has 0 radical (unpaired) electrons. The minimum Gasteiger partial charge on any atom is -0.492 e. The largest absolute Gasteiger partial charge is 0.492 e. The van der Waals surface area contributed by atoms with Gasteiger partial charge in [-0.15, -0.1) is 56.7 Å². The van der Waals surface area contributed by atoms with Gasteiger partial charge in [0, 0.05) is 63.3 Å². The summed E-state index contributed by atoms with van der Waals surface area (Å²) in [5.74, 6) is 2.55. The van der Waals surface area contributed by atoms with E-state index in [0.717, 1.165) is 174 Å². The fourth-order valence-electron chi connectivity index (χ4n) is 11.4. The first-order chi connectivity index (χ1) is 56.0. The van der Waals surface area contributed by atoms with Gasteiger partial charge in [-0.3, -0.25) is 49.9 Å². The number of para-hydroxylation sites is 5. The number of hydrogen-bond acceptors (Lipinski definition) is 26. The fourth-order valence-corrected chi connectivity index (χ4v) is 15.9. The number of aliphatic imine (C=N–C) groups is 7. The highest BCUT2D eigenvalue weighted by molar-refractivity contribution is 7.20. The third kappa shape index (κ3) is 25.2. The molecule has 0 bridgehead atoms. The van der Waals surface area contributed by atoms with E-state index >= 15 is 0 Å². The average molecular weight is 1620 g/mol. The summed E-state index contributed by atoms with van der Waals surface area (Å²) in [6.07, 6.45) is 11.0. The standard InChI is InChI=1S/3C19H22N4OS.C18H15N3S.C14H13N3S/c1-14(15-7-4-5-10-20-15)21-13-18-22-19-16(24-12-11-23(2)3)8-6-9-17(19)25-18;1-14(16-6-4-5-9-20-16)21-13-19-22-17-8-7-15(12-18(17)25-19)24-11-10-23(2)3;1-14(17-12-15(8-9-20-17)24-11-10-23(2)3)21-13-19-22-16-6-4-5-7-18(16)25-19;1-12(16-10-13-6-2-3-7-14(13)20-16)19-11-18-21-15-8-4-5-9-17(15)22-18;1-10(11-6-4-8-15-11)16-9-14-17-12-5-2-3-7-13(12)18-14/h4-10H,11-13H2,1-3H3;2*4-9,12H,10-11,13H2,1-3H3;2-9H,10-11H2,1H3;2-5,7-8H,6,9H2,1H3. The number of allylic oxidation sites excluding steroid dienone is 1. The number of hydrogen-bond donors (Lipinski definition) is 0. The summed E-state index contributed by atoms with van der Waals surface area (Å²) < 4.78 is 23.3. The molecule has 115 heavy (non-hydrogen) atoms. The van der Waals surface area contributed by atoms with Gasteiger partial charge in [0.1, 0.15) is 67.6 Å². The molecule has 16 rings (SSSR count). The molecular formula is C89H94N18O3S5. The molecule has 6 aromatic carbocycles. The quantitative estimate of drug-likeness (QED) is 0.0436. The van der Waals surface area contributed by atoms with Crippen LogP contribution in [0.3, 0.4) is 0 Å². The maximum absolute atomic E-state index is 5.90. The van der Waals surface area contributed by atoms with E-state index in [1.807, 2.05) is 223 Å². The SMILES string of the molecule is CC(=NCc1nc2c(OCCN(C)C)cccc2s1)c1ccccn1.CC(=NCc1nc2ccc(OCCN(C)C)cc2s1)c1ccccn1.CC(=NCc1nc2ccccc2s1)C1=NC=CC1.CC(=NCc1nc2ccccc2s1)C1=Nc2ccccc2C1.CC(=NCc1nc2ccccc2s1)c1cc(OCCN(C)C)ccn1. The minimum absolute atomic E-state index is 0.554. The molecule has 2 aliphatic rings. The Bertz CT molecular complexity index is 5700. The molecule has 0 spiro atoms. The van der Waals surface area contributed by atoms with Crippen LogP contribution >= 0.6 is 56.7 Å². The number of thiazole rings is 5. The van der Waals surface area contributed by atoms with Crippen molar-refractivity contribution in [2.24, 2.45) is 34.9 Å². The number of rotatable bonds is 27. The van der Waals surface area contributed by atoms with Crippen LogP contribution in [0.2, 0.25) is 0 Å². The number of pyridine rings is 3. The minimum atomic E-state index is 0.554. The Kier molecular flexibility index (Phi) is 30.7. The lowest BCUT2D eigenvalue weighted by atomic mass is 10.1. The molecule has 0 aliphatic carbocycles. The molecule has 26 heteroatoms. The van der Waals surface area contributed by atoms with Crippen LogP contribution in [0.5, 0.6) is 17.2 Å². The molecule has 10 heterocycles. The second kappa shape index (κ2) is 42.3. The van der Waals surface area contributed by atoms with Gasteiger partial charge in [0.15, 0.2) is 0 Å². The van der Waals surface area contributed by atoms with Crippen LogP contribution in [0.15, 0.2) is 248 Å². The zero-order valence-corrected chi connectivity index (χ0v) is 70.8. The molecule has 0 amide bonds. The smallest absolute Gasteiger partial charge is 0.146 e. The summed E-state index contributed by atoms with van der Waals surface area (Å²) >= 11 is 8.42. The average Bonchev–Trinajstić information content (AvgIpc) is 1.69. The van der Waals surface area contributed by atoms with Crippen LogP contribution in [0.25, 0.3) is 51.1 Å². The van der Waals surface area contributed by atoms with E-state index in [2.05, 4.69) is 133 Å². The monoisotopic (exact) mass is 1620 g/mol. The number of ether oxygens (including phenoxy) is 3. The highest BCUT2D eigenvalue weighted by atomic mass is 32.1. The van der Waals surface area contributed by atoms with Crippen molar-refractivity contribution in [2.45, 2.75) is 80.2 Å². The second-order valence-corrected chi connectivity index (χ2v) is 33.0. The van der Waals surface area contributed by atoms with Gasteiger partial charge in [-0.1, -0.05) is 78.9 Å². The van der Waals surface area contributed by atoms with E-state index in [9.17, 15) is 0 Å². The van der Waals surface area contributed by atoms with Gasteiger partial charge in [0.25, 0.3) is 0 Å². The van der Waals surface area contributed by atoms with E-state index in [-0.39, 0.29) is 0 Å². The van der Waals surface area contributed by atoms with Gasteiger partial charge in [-0.25, -0.2) is 24.9 Å². The van der Waals surface area contributed by atoms with Crippen molar-refractivity contribution < 1.29 is 14.2 Å². The first kappa shape index (κ1) is 83.4. The second-order valence-electron chi connectivity index (χ2n) is 27.5. The zero-order valence-electron chi connectivity index (χ0n) is 66.7. The van der Waals surface area contributed by atoms with E-state index in [1.165, 1.54) is 19.7 Å². The Labute approximate surface area is 692 Å². The first-order valence-electron chi connectivity index (χ1n) is 37.8. The normalized spacial score (nSPS) is 13.0. The van der Waals surface area contributed by atoms with Crippen molar-refractivity contribution >= 4 is 153 Å². The zero-order chi connectivity index (χ0) is 80.3. The summed E-state index contributed by atoms with van der Waals surface area (Å²) in [6, 6.07) is 60.4. The number of aromatic nitrogens is 8. The van der Waals surface area contributed by atoms with Crippen molar-refractivity contribution in [3.63, 3.8) is 0 Å². The summed E-state index contributed by atoms with van der Waals surface area (Å²) in [7, 11) is 12.2. The topological polar surface area (TPSA) is 227 Å². The van der Waals surface area contributed by atoms with E-state index in [0.29, 0.717) is 52.5 Å². The molecule has 0 atom stereocenters. The molecule has 14 aromatic rings. The fraction of sp³-hybridized carbons (Fsp3) is 0.270. The number of fused-ring (bicyclic) bond motifs is 6. The molecule has 588 valence electrons. The molecule has 0 saturated heterocycles. The molecule has 21 nitrogen and oxygen atoms in total. The van der Waals surface area contributed by atoms with Crippen molar-refractivity contribution in [3.05, 3.63) is 261 Å². The van der Waals surface area contributed by atoms with Gasteiger partial charge in [-0.05, 0) is 186 Å². The van der Waals surface area contributed by atoms with Crippen molar-refractivity contribution in [1.29, 1.82) is 0 Å². The van der Waals surface area contributed by atoms with Crippen LogP contribution in [0.4, 0.5) is 5.69 Å². The third-order valence-corrected chi connectivity index (χ3v) is 22.8. The lowest BCUT2D eigenvalue weighted by molar-refractivity contribution is 0.261. The predicted octanol–water partition coefficient (Wildman–Crippen LogP) is 19.1. The molecule has 0 fully saturated rings. The third-order valence-electron chi connectivity index (χ3n) is 17.8. The lowest BCUT2D eigenvalue weighted by Crippen LogP contribution is -2.19. The number of nitrogens with zero attached hydrogens (tertiary/aromatic N) is 18. The molecule has 0 N–H and O–H groups in total. The van der Waals surface area contributed by atoms with Gasteiger partial charge >= 0.3 is 0 Å². The van der Waals surface area contributed by atoms with E-state index in [4.69, 9.17) is 19.2 Å². The van der Waals surface area contributed by atoms with Crippen molar-refractivity contribution in [3.8, 4) is 17.2 Å². The van der Waals surface area contributed by atoms with Crippen LogP contribution < -0.4 is 14.2 Å². The Morgan fingerprint density at radius 3 is 1.30 bits per heavy atom. The number of benzene rings is 6. The predicted molar refractivity (Wildman–Crippen MR) is 483 cm³/mol.